The van der Waals surface area contributed by atoms with Crippen LogP contribution in [0.15, 0.2) is 42.5 Å². The summed E-state index contributed by atoms with van der Waals surface area (Å²) >= 11 is 0.565. The number of amides is 1. The van der Waals surface area contributed by atoms with E-state index in [9.17, 15) is 22.4 Å². The van der Waals surface area contributed by atoms with Gasteiger partial charge in [-0.15, -0.1) is 5.10 Å². The van der Waals surface area contributed by atoms with Crippen LogP contribution in [0, 0.1) is 11.6 Å². The summed E-state index contributed by atoms with van der Waals surface area (Å²) in [7, 11) is 0. The Labute approximate surface area is 143 Å². The molecule has 9 heteroatoms. The molecule has 25 heavy (non-hydrogen) atoms. The number of carbonyl (C=O) groups excluding carboxylic acids is 1. The minimum atomic E-state index is -2.91. The summed E-state index contributed by atoms with van der Waals surface area (Å²) in [5.41, 5.74) is 0.552. The maximum Gasteiger partial charge on any atom is 0.283 e. The van der Waals surface area contributed by atoms with Gasteiger partial charge in [0.25, 0.3) is 12.3 Å². The van der Waals surface area contributed by atoms with E-state index in [1.807, 2.05) is 0 Å². The molecule has 0 atom stereocenters. The lowest BCUT2D eigenvalue weighted by Gasteiger charge is -2.08. The average molecular weight is 367 g/mol. The first-order valence-electron chi connectivity index (χ1n) is 6.93. The van der Waals surface area contributed by atoms with E-state index < -0.39 is 29.7 Å². The molecule has 0 saturated carbocycles. The SMILES string of the molecule is O=C(Nc1cccc(-c2ccc(F)c(F)c2)c1)c1snnc1C(F)F. The number of aromatic nitrogens is 2. The van der Waals surface area contributed by atoms with Gasteiger partial charge in [0, 0.05) is 5.69 Å². The normalized spacial score (nSPS) is 10.9. The van der Waals surface area contributed by atoms with Crippen molar-refractivity contribution in [3.8, 4) is 11.1 Å². The van der Waals surface area contributed by atoms with E-state index in [0.717, 1.165) is 12.1 Å². The van der Waals surface area contributed by atoms with Crippen LogP contribution in [0.25, 0.3) is 11.1 Å². The van der Waals surface area contributed by atoms with Crippen molar-refractivity contribution < 1.29 is 22.4 Å². The molecule has 0 fully saturated rings. The lowest BCUT2D eigenvalue weighted by Crippen LogP contribution is -2.12. The third-order valence-corrected chi connectivity index (χ3v) is 4.04. The zero-order valence-corrected chi connectivity index (χ0v) is 13.2. The van der Waals surface area contributed by atoms with Crippen molar-refractivity contribution in [3.05, 3.63) is 64.7 Å². The molecular weight excluding hydrogens is 358 g/mol. The molecule has 2 aromatic carbocycles. The van der Waals surface area contributed by atoms with Crippen LogP contribution in [-0.4, -0.2) is 15.5 Å². The van der Waals surface area contributed by atoms with Crippen LogP contribution in [0.4, 0.5) is 23.2 Å². The Morgan fingerprint density at radius 2 is 1.80 bits per heavy atom. The summed E-state index contributed by atoms with van der Waals surface area (Å²) in [5.74, 6) is -2.73. The third kappa shape index (κ3) is 3.66. The highest BCUT2D eigenvalue weighted by molar-refractivity contribution is 7.08. The molecule has 128 valence electrons. The number of nitrogens with one attached hydrogen (secondary N) is 1. The first-order valence-corrected chi connectivity index (χ1v) is 7.70. The van der Waals surface area contributed by atoms with Gasteiger partial charge in [-0.3, -0.25) is 4.79 Å². The van der Waals surface area contributed by atoms with E-state index in [0.29, 0.717) is 28.3 Å². The number of alkyl halides is 2. The van der Waals surface area contributed by atoms with Gasteiger partial charge in [0.1, 0.15) is 4.88 Å². The molecule has 1 heterocycles. The zero-order valence-electron chi connectivity index (χ0n) is 12.3. The van der Waals surface area contributed by atoms with Gasteiger partial charge in [-0.2, -0.15) is 0 Å². The number of carbonyl (C=O) groups is 1. The van der Waals surface area contributed by atoms with Crippen LogP contribution in [0.3, 0.4) is 0 Å². The van der Waals surface area contributed by atoms with Crippen LogP contribution >= 0.6 is 11.5 Å². The molecule has 1 aromatic heterocycles. The van der Waals surface area contributed by atoms with Gasteiger partial charge in [0.2, 0.25) is 0 Å². The number of anilines is 1. The maximum atomic E-state index is 13.4. The van der Waals surface area contributed by atoms with Gasteiger partial charge < -0.3 is 5.32 Å². The van der Waals surface area contributed by atoms with Crippen LogP contribution < -0.4 is 5.32 Å². The van der Waals surface area contributed by atoms with E-state index in [1.54, 1.807) is 12.1 Å². The number of hydrogen-bond donors (Lipinski definition) is 1. The fourth-order valence-electron chi connectivity index (χ4n) is 2.14. The second-order valence-corrected chi connectivity index (χ2v) is 5.71. The number of halogens is 4. The number of nitrogens with zero attached hydrogens (tertiary/aromatic N) is 2. The predicted molar refractivity (Wildman–Crippen MR) is 84.6 cm³/mol. The van der Waals surface area contributed by atoms with E-state index in [1.165, 1.54) is 18.2 Å². The monoisotopic (exact) mass is 367 g/mol. The van der Waals surface area contributed by atoms with Crippen molar-refractivity contribution in [1.29, 1.82) is 0 Å². The molecule has 0 aliphatic rings. The second-order valence-electron chi connectivity index (χ2n) is 4.95. The minimum absolute atomic E-state index is 0.284. The minimum Gasteiger partial charge on any atom is -0.321 e. The van der Waals surface area contributed by atoms with E-state index in [2.05, 4.69) is 14.9 Å². The van der Waals surface area contributed by atoms with Gasteiger partial charge in [0.15, 0.2) is 17.3 Å². The number of hydrogen-bond acceptors (Lipinski definition) is 4. The summed E-state index contributed by atoms with van der Waals surface area (Å²) in [6.45, 7) is 0. The maximum absolute atomic E-state index is 13.4. The van der Waals surface area contributed by atoms with Crippen LogP contribution in [-0.2, 0) is 0 Å². The van der Waals surface area contributed by atoms with Gasteiger partial charge in [-0.05, 0) is 46.9 Å². The molecule has 1 N–H and O–H groups in total. The smallest absolute Gasteiger partial charge is 0.283 e. The Kier molecular flexibility index (Phi) is 4.75. The van der Waals surface area contributed by atoms with E-state index in [-0.39, 0.29) is 4.88 Å². The molecule has 0 spiro atoms. The molecule has 0 radical (unpaired) electrons. The van der Waals surface area contributed by atoms with Crippen molar-refractivity contribution in [3.63, 3.8) is 0 Å². The Bertz CT molecular complexity index is 929. The van der Waals surface area contributed by atoms with Crippen molar-refractivity contribution in [2.75, 3.05) is 5.32 Å². The lowest BCUT2D eigenvalue weighted by atomic mass is 10.0. The molecule has 0 aliphatic carbocycles. The molecule has 0 aliphatic heterocycles. The highest BCUT2D eigenvalue weighted by Gasteiger charge is 2.23. The highest BCUT2D eigenvalue weighted by Crippen LogP contribution is 2.26. The van der Waals surface area contributed by atoms with Crippen molar-refractivity contribution in [1.82, 2.24) is 9.59 Å². The molecule has 4 nitrogen and oxygen atoms in total. The summed E-state index contributed by atoms with van der Waals surface area (Å²) in [6, 6.07) is 9.69. The van der Waals surface area contributed by atoms with Gasteiger partial charge in [-0.1, -0.05) is 22.7 Å². The topological polar surface area (TPSA) is 54.9 Å². The number of rotatable bonds is 4. The standard InChI is InChI=1S/C16H9F4N3OS/c17-11-5-4-9(7-12(11)18)8-2-1-3-10(6-8)21-16(24)14-13(15(19)20)22-23-25-14/h1-7,15H,(H,21,24). The number of benzene rings is 2. The largest absolute Gasteiger partial charge is 0.321 e. The Hall–Kier alpha value is -2.81. The van der Waals surface area contributed by atoms with Gasteiger partial charge >= 0.3 is 0 Å². The highest BCUT2D eigenvalue weighted by atomic mass is 32.1. The summed E-state index contributed by atoms with van der Waals surface area (Å²) in [6.07, 6.45) is -2.91. The molecule has 3 rings (SSSR count). The lowest BCUT2D eigenvalue weighted by molar-refractivity contribution is 0.101. The van der Waals surface area contributed by atoms with Gasteiger partial charge in [-0.25, -0.2) is 17.6 Å². The van der Waals surface area contributed by atoms with Crippen LogP contribution in [0.2, 0.25) is 0 Å². The summed E-state index contributed by atoms with van der Waals surface area (Å²) in [4.78, 5) is 11.8. The van der Waals surface area contributed by atoms with Crippen molar-refractivity contribution >= 4 is 23.1 Å². The van der Waals surface area contributed by atoms with Crippen LogP contribution in [0.1, 0.15) is 21.8 Å². The fraction of sp³-hybridized carbons (Fsp3) is 0.0625. The predicted octanol–water partition coefficient (Wildman–Crippen LogP) is 4.67. The zero-order chi connectivity index (χ0) is 18.0. The fourth-order valence-corrected chi connectivity index (χ4v) is 2.71. The molecule has 0 unspecified atom stereocenters. The molecular formula is C16H9F4N3OS. The quantitative estimate of drug-likeness (QED) is 0.682. The van der Waals surface area contributed by atoms with Gasteiger partial charge in [0.05, 0.1) is 0 Å². The first kappa shape index (κ1) is 17.0. The molecule has 1 amide bonds. The van der Waals surface area contributed by atoms with Crippen molar-refractivity contribution in [2.24, 2.45) is 0 Å². The van der Waals surface area contributed by atoms with E-state index in [4.69, 9.17) is 0 Å². The van der Waals surface area contributed by atoms with Crippen LogP contribution in [0.5, 0.6) is 0 Å². The second kappa shape index (κ2) is 6.98. The van der Waals surface area contributed by atoms with Crippen molar-refractivity contribution in [2.45, 2.75) is 6.43 Å². The summed E-state index contributed by atoms with van der Waals surface area (Å²) < 4.78 is 55.3. The molecule has 3 aromatic rings. The van der Waals surface area contributed by atoms with E-state index >= 15 is 0 Å². The first-order chi connectivity index (χ1) is 12.0. The Morgan fingerprint density at radius 3 is 2.52 bits per heavy atom. The summed E-state index contributed by atoms with van der Waals surface area (Å²) in [5, 5.41) is 5.71. The molecule has 0 bridgehead atoms. The average Bonchev–Trinajstić information content (AvgIpc) is 3.08. The Balaban J connectivity index is 1.85. The third-order valence-electron chi connectivity index (χ3n) is 3.30. The Morgan fingerprint density at radius 1 is 1.04 bits per heavy atom. The molecule has 0 saturated heterocycles.